The lowest BCUT2D eigenvalue weighted by Gasteiger charge is -2.17. The molecule has 2 heteroatoms. The topological polar surface area (TPSA) is 12.4 Å². The molecule has 0 saturated heterocycles. The Bertz CT molecular complexity index is 149. The standard InChI is InChI=1S/C8H15NS/c1-6(2)7-5-9-8(3,4)10-7/h5-7H,1-4H3/t7-/m0/s1. The fourth-order valence-corrected chi connectivity index (χ4v) is 2.14. The van der Waals surface area contributed by atoms with Crippen LogP contribution in [0.1, 0.15) is 27.7 Å². The lowest BCUT2D eigenvalue weighted by molar-refractivity contribution is 0.705. The van der Waals surface area contributed by atoms with Gasteiger partial charge in [-0.25, -0.2) is 0 Å². The Morgan fingerprint density at radius 2 is 2.10 bits per heavy atom. The lowest BCUT2D eigenvalue weighted by Crippen LogP contribution is -2.13. The normalized spacial score (nSPS) is 29.9. The van der Waals surface area contributed by atoms with Crippen molar-refractivity contribution < 1.29 is 0 Å². The number of aliphatic imine (C=N–C) groups is 1. The van der Waals surface area contributed by atoms with Crippen LogP contribution in [0, 0.1) is 5.92 Å². The van der Waals surface area contributed by atoms with Gasteiger partial charge in [0.1, 0.15) is 4.87 Å². The second-order valence-corrected chi connectivity index (χ2v) is 5.33. The highest BCUT2D eigenvalue weighted by Gasteiger charge is 2.28. The summed E-state index contributed by atoms with van der Waals surface area (Å²) in [5.74, 6) is 0.718. The maximum Gasteiger partial charge on any atom is 0.100 e. The van der Waals surface area contributed by atoms with Gasteiger partial charge in [0.15, 0.2) is 0 Å². The molecule has 0 fully saturated rings. The quantitative estimate of drug-likeness (QED) is 0.570. The smallest absolute Gasteiger partial charge is 0.100 e. The summed E-state index contributed by atoms with van der Waals surface area (Å²) in [6.45, 7) is 8.81. The zero-order valence-electron chi connectivity index (χ0n) is 7.09. The highest BCUT2D eigenvalue weighted by Crippen LogP contribution is 2.37. The Hall–Kier alpha value is 0.0200. The van der Waals surface area contributed by atoms with Gasteiger partial charge >= 0.3 is 0 Å². The summed E-state index contributed by atoms with van der Waals surface area (Å²) in [4.78, 5) is 4.54. The van der Waals surface area contributed by atoms with Crippen molar-refractivity contribution in [3.8, 4) is 0 Å². The highest BCUT2D eigenvalue weighted by molar-refractivity contribution is 8.02. The molecular weight excluding hydrogens is 142 g/mol. The highest BCUT2D eigenvalue weighted by atomic mass is 32.2. The molecule has 1 aliphatic rings. The number of nitrogens with zero attached hydrogens (tertiary/aromatic N) is 1. The third-order valence-electron chi connectivity index (χ3n) is 1.61. The van der Waals surface area contributed by atoms with Crippen molar-refractivity contribution in [3.63, 3.8) is 0 Å². The van der Waals surface area contributed by atoms with E-state index in [4.69, 9.17) is 0 Å². The first-order valence-corrected chi connectivity index (χ1v) is 4.62. The van der Waals surface area contributed by atoms with Crippen LogP contribution in [0.15, 0.2) is 4.99 Å². The van der Waals surface area contributed by atoms with Crippen molar-refractivity contribution in [2.75, 3.05) is 0 Å². The van der Waals surface area contributed by atoms with Gasteiger partial charge in [-0.15, -0.1) is 11.8 Å². The van der Waals surface area contributed by atoms with Crippen LogP contribution in [0.25, 0.3) is 0 Å². The monoisotopic (exact) mass is 157 g/mol. The van der Waals surface area contributed by atoms with E-state index in [-0.39, 0.29) is 4.87 Å². The second kappa shape index (κ2) is 2.57. The van der Waals surface area contributed by atoms with Crippen LogP contribution in [0.3, 0.4) is 0 Å². The summed E-state index contributed by atoms with van der Waals surface area (Å²) in [5, 5.41) is 0.634. The van der Waals surface area contributed by atoms with Crippen LogP contribution in [0.2, 0.25) is 0 Å². The molecule has 58 valence electrons. The van der Waals surface area contributed by atoms with E-state index in [9.17, 15) is 0 Å². The van der Waals surface area contributed by atoms with E-state index in [1.54, 1.807) is 0 Å². The second-order valence-electron chi connectivity index (χ2n) is 3.55. The molecule has 0 aliphatic carbocycles. The number of hydrogen-bond acceptors (Lipinski definition) is 2. The van der Waals surface area contributed by atoms with E-state index < -0.39 is 0 Å². The fraction of sp³-hybridized carbons (Fsp3) is 0.875. The third-order valence-corrected chi connectivity index (χ3v) is 3.23. The molecule has 1 heterocycles. The molecule has 0 saturated carbocycles. The third kappa shape index (κ3) is 1.75. The van der Waals surface area contributed by atoms with Gasteiger partial charge in [0, 0.05) is 11.5 Å². The molecule has 10 heavy (non-hydrogen) atoms. The van der Waals surface area contributed by atoms with Crippen molar-refractivity contribution in [1.82, 2.24) is 0 Å². The van der Waals surface area contributed by atoms with Crippen LogP contribution in [-0.4, -0.2) is 16.3 Å². The van der Waals surface area contributed by atoms with Gasteiger partial charge in [-0.2, -0.15) is 0 Å². The van der Waals surface area contributed by atoms with E-state index in [0.29, 0.717) is 5.25 Å². The molecule has 1 atom stereocenters. The lowest BCUT2D eigenvalue weighted by atomic mass is 10.1. The van der Waals surface area contributed by atoms with Crippen LogP contribution in [0.4, 0.5) is 0 Å². The minimum Gasteiger partial charge on any atom is -0.279 e. The Kier molecular flexibility index (Phi) is 2.09. The molecule has 0 radical (unpaired) electrons. The zero-order chi connectivity index (χ0) is 7.78. The summed E-state index contributed by atoms with van der Waals surface area (Å²) >= 11 is 1.95. The summed E-state index contributed by atoms with van der Waals surface area (Å²) in [6, 6.07) is 0. The van der Waals surface area contributed by atoms with Gasteiger partial charge in [-0.3, -0.25) is 4.99 Å². The van der Waals surface area contributed by atoms with Crippen molar-refractivity contribution in [3.05, 3.63) is 0 Å². The molecule has 1 rings (SSSR count). The van der Waals surface area contributed by atoms with E-state index in [1.165, 1.54) is 0 Å². The molecule has 0 N–H and O–H groups in total. The maximum absolute atomic E-state index is 4.41. The minimum absolute atomic E-state index is 0.134. The number of thioether (sulfide) groups is 1. The van der Waals surface area contributed by atoms with Crippen molar-refractivity contribution in [1.29, 1.82) is 0 Å². The number of hydrogen-bond donors (Lipinski definition) is 0. The van der Waals surface area contributed by atoms with Gasteiger partial charge in [0.25, 0.3) is 0 Å². The van der Waals surface area contributed by atoms with Crippen LogP contribution in [-0.2, 0) is 0 Å². The number of rotatable bonds is 1. The Morgan fingerprint density at radius 3 is 2.30 bits per heavy atom. The molecule has 0 spiro atoms. The van der Waals surface area contributed by atoms with Gasteiger partial charge in [0.2, 0.25) is 0 Å². The minimum atomic E-state index is 0.134. The Balaban J connectivity index is 2.54. The predicted octanol–water partition coefficient (Wildman–Crippen LogP) is 2.56. The first-order chi connectivity index (χ1) is 4.51. The average molecular weight is 157 g/mol. The molecule has 0 bridgehead atoms. The molecule has 1 nitrogen and oxygen atoms in total. The molecule has 0 amide bonds. The van der Waals surface area contributed by atoms with Gasteiger partial charge in [-0.1, -0.05) is 13.8 Å². The van der Waals surface area contributed by atoms with E-state index in [2.05, 4.69) is 38.9 Å². The van der Waals surface area contributed by atoms with Crippen LogP contribution >= 0.6 is 11.8 Å². The molecule has 0 unspecified atom stereocenters. The molecular formula is C8H15NS. The van der Waals surface area contributed by atoms with Crippen LogP contribution < -0.4 is 0 Å². The van der Waals surface area contributed by atoms with E-state index in [0.717, 1.165) is 5.92 Å². The maximum atomic E-state index is 4.41. The van der Waals surface area contributed by atoms with Crippen molar-refractivity contribution in [2.24, 2.45) is 10.9 Å². The Morgan fingerprint density at radius 1 is 1.50 bits per heavy atom. The SMILES string of the molecule is CC(C)[C@@H]1C=NC(C)(C)S1. The summed E-state index contributed by atoms with van der Waals surface area (Å²) < 4.78 is 0. The summed E-state index contributed by atoms with van der Waals surface area (Å²) in [5.41, 5.74) is 0. The predicted molar refractivity (Wildman–Crippen MR) is 48.8 cm³/mol. The first kappa shape index (κ1) is 8.12. The van der Waals surface area contributed by atoms with Gasteiger partial charge < -0.3 is 0 Å². The molecule has 1 aliphatic heterocycles. The van der Waals surface area contributed by atoms with Crippen molar-refractivity contribution >= 4 is 18.0 Å². The van der Waals surface area contributed by atoms with Crippen LogP contribution in [0.5, 0.6) is 0 Å². The molecule has 0 aromatic heterocycles. The van der Waals surface area contributed by atoms with E-state index in [1.807, 2.05) is 11.8 Å². The van der Waals surface area contributed by atoms with Gasteiger partial charge in [0.05, 0.1) is 0 Å². The first-order valence-electron chi connectivity index (χ1n) is 3.74. The molecule has 0 aromatic rings. The van der Waals surface area contributed by atoms with Crippen molar-refractivity contribution in [2.45, 2.75) is 37.8 Å². The summed E-state index contributed by atoms with van der Waals surface area (Å²) in [7, 11) is 0. The fourth-order valence-electron chi connectivity index (χ4n) is 0.955. The molecule has 0 aromatic carbocycles. The summed E-state index contributed by atoms with van der Waals surface area (Å²) in [6.07, 6.45) is 2.09. The zero-order valence-corrected chi connectivity index (χ0v) is 7.90. The van der Waals surface area contributed by atoms with Gasteiger partial charge in [-0.05, 0) is 19.8 Å². The van der Waals surface area contributed by atoms with E-state index >= 15 is 0 Å². The Labute approximate surface area is 67.3 Å². The average Bonchev–Trinajstić information content (AvgIpc) is 2.10. The largest absolute Gasteiger partial charge is 0.279 e.